The van der Waals surface area contributed by atoms with E-state index in [-0.39, 0.29) is 33.8 Å². The Kier molecular flexibility index (Phi) is 6.04. The topological polar surface area (TPSA) is 159 Å². The second-order valence-corrected chi connectivity index (χ2v) is 7.34. The Hall–Kier alpha value is -3.15. The van der Waals surface area contributed by atoms with E-state index >= 15 is 0 Å². The first kappa shape index (κ1) is 22.1. The zero-order valence-corrected chi connectivity index (χ0v) is 16.9. The Labute approximate surface area is 181 Å². The lowest BCUT2D eigenvalue weighted by Gasteiger charge is -2.39. The van der Waals surface area contributed by atoms with Crippen LogP contribution in [0, 0.1) is 0 Å². The van der Waals surface area contributed by atoms with Crippen LogP contribution in [0.5, 0.6) is 17.2 Å². The van der Waals surface area contributed by atoms with Gasteiger partial charge in [0.1, 0.15) is 58.9 Å². The van der Waals surface area contributed by atoms with Crippen LogP contribution in [0.2, 0.25) is 0 Å². The maximum Gasteiger partial charge on any atom is 0.229 e. The number of rotatable bonds is 5. The second-order valence-electron chi connectivity index (χ2n) is 7.34. The average molecular weight is 446 g/mol. The second kappa shape index (κ2) is 8.77. The maximum atomic E-state index is 13.3. The van der Waals surface area contributed by atoms with Crippen LogP contribution in [-0.2, 0) is 4.74 Å². The fraction of sp³-hybridized carbons (Fsp3) is 0.318. The van der Waals surface area contributed by atoms with Crippen molar-refractivity contribution in [3.63, 3.8) is 0 Å². The van der Waals surface area contributed by atoms with Gasteiger partial charge in [-0.2, -0.15) is 0 Å². The van der Waals surface area contributed by atoms with Gasteiger partial charge < -0.3 is 44.2 Å². The summed E-state index contributed by atoms with van der Waals surface area (Å²) in [6, 6.07) is 8.83. The standard InChI is InChI=1S/C22H22O10/c1-29-12-6-14-17(18(25)13(9-30-14)10-2-4-11(24)5-3-10)15(7-12)31-22-21(28)20(27)19(26)16(8-23)32-22/h2-7,9,16,19-24,26-28H,8H2,1H3/t16-,19-,20+,21-,22-/m1/s1. The number of hydrogen-bond donors (Lipinski definition) is 5. The van der Waals surface area contributed by atoms with E-state index in [4.69, 9.17) is 18.6 Å². The number of benzene rings is 2. The first-order valence-corrected chi connectivity index (χ1v) is 9.74. The van der Waals surface area contributed by atoms with Crippen LogP contribution >= 0.6 is 0 Å². The third-order valence-corrected chi connectivity index (χ3v) is 5.32. The number of aliphatic hydroxyl groups excluding tert-OH is 4. The van der Waals surface area contributed by atoms with Gasteiger partial charge in [0, 0.05) is 12.1 Å². The molecule has 1 aromatic heterocycles. The fourth-order valence-corrected chi connectivity index (χ4v) is 3.53. The zero-order chi connectivity index (χ0) is 23.0. The molecule has 0 spiro atoms. The van der Waals surface area contributed by atoms with Crippen LogP contribution in [0.3, 0.4) is 0 Å². The predicted octanol–water partition coefficient (Wildman–Crippen LogP) is 0.353. The quantitative estimate of drug-likeness (QED) is 0.370. The Balaban J connectivity index is 1.81. The Morgan fingerprint density at radius 3 is 2.41 bits per heavy atom. The lowest BCUT2D eigenvalue weighted by atomic mass is 9.99. The van der Waals surface area contributed by atoms with E-state index < -0.39 is 42.7 Å². The summed E-state index contributed by atoms with van der Waals surface area (Å²) < 4.78 is 22.0. The van der Waals surface area contributed by atoms with Gasteiger partial charge in [0.2, 0.25) is 11.7 Å². The van der Waals surface area contributed by atoms with Crippen LogP contribution in [0.15, 0.2) is 51.9 Å². The van der Waals surface area contributed by atoms with E-state index in [9.17, 15) is 30.3 Å². The molecule has 1 fully saturated rings. The van der Waals surface area contributed by atoms with Crippen molar-refractivity contribution in [1.82, 2.24) is 0 Å². The predicted molar refractivity (Wildman–Crippen MR) is 111 cm³/mol. The van der Waals surface area contributed by atoms with Crippen LogP contribution < -0.4 is 14.9 Å². The molecule has 3 aromatic rings. The summed E-state index contributed by atoms with van der Waals surface area (Å²) in [4.78, 5) is 13.3. The third kappa shape index (κ3) is 3.90. The summed E-state index contributed by atoms with van der Waals surface area (Å²) in [5.74, 6) is 0.269. The van der Waals surface area contributed by atoms with E-state index in [1.165, 1.54) is 37.6 Å². The molecule has 2 aromatic carbocycles. The smallest absolute Gasteiger partial charge is 0.229 e. The van der Waals surface area contributed by atoms with Crippen molar-refractivity contribution in [2.45, 2.75) is 30.7 Å². The molecule has 5 N–H and O–H groups in total. The number of methoxy groups -OCH3 is 1. The molecule has 0 radical (unpaired) electrons. The minimum atomic E-state index is -1.67. The highest BCUT2D eigenvalue weighted by atomic mass is 16.7. The van der Waals surface area contributed by atoms with Crippen molar-refractivity contribution in [2.24, 2.45) is 0 Å². The monoisotopic (exact) mass is 446 g/mol. The normalized spacial score (nSPS) is 25.6. The van der Waals surface area contributed by atoms with Gasteiger partial charge in [-0.15, -0.1) is 0 Å². The molecular formula is C22H22O10. The molecule has 1 aliphatic heterocycles. The molecule has 1 aliphatic rings. The minimum Gasteiger partial charge on any atom is -0.508 e. The van der Waals surface area contributed by atoms with Crippen LogP contribution in [-0.4, -0.2) is 70.0 Å². The van der Waals surface area contributed by atoms with Crippen LogP contribution in [0.1, 0.15) is 0 Å². The van der Waals surface area contributed by atoms with Gasteiger partial charge in [0.25, 0.3) is 0 Å². The SMILES string of the molecule is COc1cc(O[C@@H]2O[C@H](CO)[C@@H](O)[C@H](O)[C@H]2O)c2c(=O)c(-c3ccc(O)cc3)coc2c1. The van der Waals surface area contributed by atoms with Crippen LogP contribution in [0.4, 0.5) is 0 Å². The van der Waals surface area contributed by atoms with Crippen molar-refractivity contribution in [2.75, 3.05) is 13.7 Å². The number of phenolic OH excluding ortho intramolecular Hbond substituents is 1. The molecule has 2 heterocycles. The van der Waals surface area contributed by atoms with E-state index in [0.717, 1.165) is 0 Å². The Bertz CT molecular complexity index is 1150. The van der Waals surface area contributed by atoms with E-state index in [1.807, 2.05) is 0 Å². The van der Waals surface area contributed by atoms with Gasteiger partial charge in [0.15, 0.2) is 0 Å². The largest absolute Gasteiger partial charge is 0.508 e. The van der Waals surface area contributed by atoms with Gasteiger partial charge >= 0.3 is 0 Å². The van der Waals surface area contributed by atoms with Gasteiger partial charge in [0.05, 0.1) is 19.3 Å². The van der Waals surface area contributed by atoms with E-state index in [1.54, 1.807) is 12.1 Å². The maximum absolute atomic E-state index is 13.3. The van der Waals surface area contributed by atoms with Crippen molar-refractivity contribution < 1.29 is 44.2 Å². The molecule has 10 nitrogen and oxygen atoms in total. The summed E-state index contributed by atoms with van der Waals surface area (Å²) in [5, 5.41) is 49.2. The fourth-order valence-electron chi connectivity index (χ4n) is 3.53. The molecule has 0 unspecified atom stereocenters. The number of fused-ring (bicyclic) bond motifs is 1. The molecule has 0 aliphatic carbocycles. The molecule has 0 amide bonds. The van der Waals surface area contributed by atoms with Crippen LogP contribution in [0.25, 0.3) is 22.1 Å². The average Bonchev–Trinajstić information content (AvgIpc) is 2.80. The molecule has 4 rings (SSSR count). The first-order chi connectivity index (χ1) is 15.3. The number of phenols is 1. The molecule has 1 saturated heterocycles. The molecule has 170 valence electrons. The molecule has 5 atom stereocenters. The van der Waals surface area contributed by atoms with Gasteiger partial charge in [-0.25, -0.2) is 0 Å². The van der Waals surface area contributed by atoms with Crippen molar-refractivity contribution in [3.8, 4) is 28.4 Å². The Morgan fingerprint density at radius 1 is 1.03 bits per heavy atom. The number of ether oxygens (including phenoxy) is 3. The Morgan fingerprint density at radius 2 is 1.75 bits per heavy atom. The van der Waals surface area contributed by atoms with Gasteiger partial charge in [-0.3, -0.25) is 4.79 Å². The lowest BCUT2D eigenvalue weighted by Crippen LogP contribution is -2.60. The summed E-state index contributed by atoms with van der Waals surface area (Å²) in [6.07, 6.45) is -6.28. The van der Waals surface area contributed by atoms with Crippen molar-refractivity contribution in [1.29, 1.82) is 0 Å². The van der Waals surface area contributed by atoms with Crippen molar-refractivity contribution in [3.05, 3.63) is 52.9 Å². The molecule has 0 bridgehead atoms. The van der Waals surface area contributed by atoms with E-state index in [2.05, 4.69) is 0 Å². The highest BCUT2D eigenvalue weighted by Crippen LogP contribution is 2.34. The number of aliphatic hydroxyl groups is 4. The van der Waals surface area contributed by atoms with E-state index in [0.29, 0.717) is 5.56 Å². The molecule has 32 heavy (non-hydrogen) atoms. The number of hydrogen-bond acceptors (Lipinski definition) is 10. The first-order valence-electron chi connectivity index (χ1n) is 9.74. The summed E-state index contributed by atoms with van der Waals surface area (Å²) in [7, 11) is 1.40. The van der Waals surface area contributed by atoms with Crippen molar-refractivity contribution >= 4 is 11.0 Å². The molecular weight excluding hydrogens is 424 g/mol. The minimum absolute atomic E-state index is 0.0216. The summed E-state index contributed by atoms with van der Waals surface area (Å²) in [6.45, 7) is -0.628. The molecule has 10 heteroatoms. The molecule has 0 saturated carbocycles. The van der Waals surface area contributed by atoms with Gasteiger partial charge in [-0.05, 0) is 17.7 Å². The van der Waals surface area contributed by atoms with Gasteiger partial charge in [-0.1, -0.05) is 12.1 Å². The highest BCUT2D eigenvalue weighted by molar-refractivity contribution is 5.88. The third-order valence-electron chi connectivity index (χ3n) is 5.32. The zero-order valence-electron chi connectivity index (χ0n) is 16.9. The summed E-state index contributed by atoms with van der Waals surface area (Å²) in [5.41, 5.74) is 0.366. The number of aromatic hydroxyl groups is 1. The highest BCUT2D eigenvalue weighted by Gasteiger charge is 2.45. The summed E-state index contributed by atoms with van der Waals surface area (Å²) >= 11 is 0. The lowest BCUT2D eigenvalue weighted by molar-refractivity contribution is -0.277.